The van der Waals surface area contributed by atoms with Gasteiger partial charge in [-0.15, -0.1) is 0 Å². The zero-order chi connectivity index (χ0) is 19.5. The molecule has 0 saturated heterocycles. The number of para-hydroxylation sites is 1. The molecule has 0 aliphatic rings. The standard InChI is InChI=1S/C18H22FN3O3S/c1-13-9-10-16(14(2)11-13)20-18(23)12-22(26(24,25)21(3)4)17-8-6-5-7-15(17)19/h5-11H,12H2,1-4H3,(H,20,23). The number of nitrogens with zero attached hydrogens (tertiary/aromatic N) is 2. The molecule has 0 aromatic heterocycles. The molecule has 0 aliphatic carbocycles. The Hall–Kier alpha value is -2.45. The highest BCUT2D eigenvalue weighted by molar-refractivity contribution is 7.90. The molecule has 0 aliphatic heterocycles. The molecule has 0 heterocycles. The number of hydrogen-bond acceptors (Lipinski definition) is 3. The van der Waals surface area contributed by atoms with E-state index >= 15 is 0 Å². The topological polar surface area (TPSA) is 69.7 Å². The summed E-state index contributed by atoms with van der Waals surface area (Å²) in [6.07, 6.45) is 0. The summed E-state index contributed by atoms with van der Waals surface area (Å²) in [5, 5.41) is 2.68. The van der Waals surface area contributed by atoms with Crippen LogP contribution in [0.15, 0.2) is 42.5 Å². The third-order valence-corrected chi connectivity index (χ3v) is 5.61. The lowest BCUT2D eigenvalue weighted by Crippen LogP contribution is -2.44. The maximum atomic E-state index is 14.2. The summed E-state index contributed by atoms with van der Waals surface area (Å²) in [5.74, 6) is -1.29. The molecule has 6 nitrogen and oxygen atoms in total. The fourth-order valence-electron chi connectivity index (χ4n) is 2.42. The third kappa shape index (κ3) is 4.39. The molecule has 26 heavy (non-hydrogen) atoms. The number of aryl methyl sites for hydroxylation is 2. The van der Waals surface area contributed by atoms with Gasteiger partial charge < -0.3 is 5.32 Å². The maximum Gasteiger partial charge on any atom is 0.304 e. The molecule has 2 aromatic carbocycles. The molecule has 0 bridgehead atoms. The first-order chi connectivity index (χ1) is 12.1. The van der Waals surface area contributed by atoms with Gasteiger partial charge >= 0.3 is 10.2 Å². The van der Waals surface area contributed by atoms with Gasteiger partial charge in [0.1, 0.15) is 12.4 Å². The minimum atomic E-state index is -4.05. The van der Waals surface area contributed by atoms with Crippen LogP contribution in [-0.4, -0.2) is 39.3 Å². The minimum absolute atomic E-state index is 0.183. The Morgan fingerprint density at radius 2 is 1.77 bits per heavy atom. The van der Waals surface area contributed by atoms with Gasteiger partial charge in [0.15, 0.2) is 0 Å². The molecular weight excluding hydrogens is 357 g/mol. The van der Waals surface area contributed by atoms with Gasteiger partial charge in [0.05, 0.1) is 5.69 Å². The Morgan fingerprint density at radius 3 is 2.35 bits per heavy atom. The summed E-state index contributed by atoms with van der Waals surface area (Å²) >= 11 is 0. The SMILES string of the molecule is Cc1ccc(NC(=O)CN(c2ccccc2F)S(=O)(=O)N(C)C)c(C)c1. The number of carbonyl (C=O) groups is 1. The Bertz CT molecular complexity index is 914. The van der Waals surface area contributed by atoms with Crippen molar-refractivity contribution >= 4 is 27.5 Å². The van der Waals surface area contributed by atoms with Crippen molar-refractivity contribution in [1.29, 1.82) is 0 Å². The average molecular weight is 379 g/mol. The lowest BCUT2D eigenvalue weighted by atomic mass is 10.1. The summed E-state index contributed by atoms with van der Waals surface area (Å²) in [6, 6.07) is 10.9. The fourth-order valence-corrected chi connectivity index (χ4v) is 3.49. The first-order valence-corrected chi connectivity index (χ1v) is 9.34. The molecule has 0 atom stereocenters. The number of rotatable bonds is 6. The third-order valence-electron chi connectivity index (χ3n) is 3.80. The number of halogens is 1. The summed E-state index contributed by atoms with van der Waals surface area (Å²) in [5.41, 5.74) is 2.29. The second-order valence-electron chi connectivity index (χ2n) is 6.11. The molecule has 0 saturated carbocycles. The van der Waals surface area contributed by atoms with E-state index in [4.69, 9.17) is 0 Å². The monoisotopic (exact) mass is 379 g/mol. The van der Waals surface area contributed by atoms with E-state index < -0.39 is 28.5 Å². The van der Waals surface area contributed by atoms with Crippen molar-refractivity contribution in [2.45, 2.75) is 13.8 Å². The average Bonchev–Trinajstić information content (AvgIpc) is 2.56. The number of nitrogens with one attached hydrogen (secondary N) is 1. The molecule has 1 N–H and O–H groups in total. The van der Waals surface area contributed by atoms with Crippen molar-refractivity contribution < 1.29 is 17.6 Å². The van der Waals surface area contributed by atoms with Crippen molar-refractivity contribution in [3.8, 4) is 0 Å². The van der Waals surface area contributed by atoms with Gasteiger partial charge in [0.2, 0.25) is 5.91 Å². The molecule has 2 aromatic rings. The number of carbonyl (C=O) groups excluding carboxylic acids is 1. The number of amides is 1. The normalized spacial score (nSPS) is 11.5. The van der Waals surface area contributed by atoms with E-state index in [0.717, 1.165) is 25.8 Å². The summed E-state index contributed by atoms with van der Waals surface area (Å²) in [6.45, 7) is 3.23. The van der Waals surface area contributed by atoms with Crippen LogP contribution >= 0.6 is 0 Å². The van der Waals surface area contributed by atoms with Crippen LogP contribution in [0.4, 0.5) is 15.8 Å². The Balaban J connectivity index is 2.32. The van der Waals surface area contributed by atoms with Crippen molar-refractivity contribution in [1.82, 2.24) is 4.31 Å². The van der Waals surface area contributed by atoms with E-state index in [1.807, 2.05) is 26.0 Å². The smallest absolute Gasteiger partial charge is 0.304 e. The molecule has 0 radical (unpaired) electrons. The van der Waals surface area contributed by atoms with E-state index in [2.05, 4.69) is 5.32 Å². The van der Waals surface area contributed by atoms with Crippen molar-refractivity contribution in [2.24, 2.45) is 0 Å². The summed E-state index contributed by atoms with van der Waals surface area (Å²) in [7, 11) is -1.40. The van der Waals surface area contributed by atoms with Crippen LogP contribution in [0.1, 0.15) is 11.1 Å². The molecule has 2 rings (SSSR count). The number of anilines is 2. The molecule has 8 heteroatoms. The first-order valence-electron chi connectivity index (χ1n) is 7.94. The lowest BCUT2D eigenvalue weighted by molar-refractivity contribution is -0.114. The molecule has 0 fully saturated rings. The molecule has 140 valence electrons. The van der Waals surface area contributed by atoms with Gasteiger partial charge in [-0.3, -0.25) is 4.79 Å². The number of hydrogen-bond donors (Lipinski definition) is 1. The quantitative estimate of drug-likeness (QED) is 0.839. The van der Waals surface area contributed by atoms with Crippen LogP contribution in [0.5, 0.6) is 0 Å². The molecule has 0 spiro atoms. The molecule has 1 amide bonds. The van der Waals surface area contributed by atoms with Crippen LogP contribution in [0.3, 0.4) is 0 Å². The number of benzene rings is 2. The van der Waals surface area contributed by atoms with Crippen LogP contribution in [0, 0.1) is 19.7 Å². The van der Waals surface area contributed by atoms with Crippen molar-refractivity contribution in [3.05, 3.63) is 59.4 Å². The van der Waals surface area contributed by atoms with E-state index in [1.54, 1.807) is 6.07 Å². The lowest BCUT2D eigenvalue weighted by Gasteiger charge is -2.27. The van der Waals surface area contributed by atoms with Gasteiger partial charge in [-0.25, -0.2) is 8.70 Å². The van der Waals surface area contributed by atoms with E-state index in [1.165, 1.54) is 32.3 Å². The van der Waals surface area contributed by atoms with E-state index in [-0.39, 0.29) is 5.69 Å². The van der Waals surface area contributed by atoms with Gasteiger partial charge in [-0.05, 0) is 37.6 Å². The van der Waals surface area contributed by atoms with Crippen molar-refractivity contribution in [3.63, 3.8) is 0 Å². The van der Waals surface area contributed by atoms with Crippen molar-refractivity contribution in [2.75, 3.05) is 30.3 Å². The highest BCUT2D eigenvalue weighted by Crippen LogP contribution is 2.23. The predicted molar refractivity (Wildman–Crippen MR) is 101 cm³/mol. The zero-order valence-electron chi connectivity index (χ0n) is 15.2. The van der Waals surface area contributed by atoms with Crippen LogP contribution < -0.4 is 9.62 Å². The van der Waals surface area contributed by atoms with Gasteiger partial charge in [0.25, 0.3) is 0 Å². The van der Waals surface area contributed by atoms with E-state index in [0.29, 0.717) is 5.69 Å². The summed E-state index contributed by atoms with van der Waals surface area (Å²) < 4.78 is 41.0. The minimum Gasteiger partial charge on any atom is -0.324 e. The predicted octanol–water partition coefficient (Wildman–Crippen LogP) is 2.69. The highest BCUT2D eigenvalue weighted by atomic mass is 32.2. The first kappa shape index (κ1) is 19.9. The van der Waals surface area contributed by atoms with Crippen LogP contribution in [0.25, 0.3) is 0 Å². The van der Waals surface area contributed by atoms with E-state index in [9.17, 15) is 17.6 Å². The largest absolute Gasteiger partial charge is 0.324 e. The zero-order valence-corrected chi connectivity index (χ0v) is 16.0. The van der Waals surface area contributed by atoms with Gasteiger partial charge in [0, 0.05) is 19.8 Å². The Labute approximate surface area is 153 Å². The second-order valence-corrected chi connectivity index (χ2v) is 8.18. The Kier molecular flexibility index (Phi) is 5.99. The second kappa shape index (κ2) is 7.84. The molecule has 0 unspecified atom stereocenters. The fraction of sp³-hybridized carbons (Fsp3) is 0.278. The van der Waals surface area contributed by atoms with Gasteiger partial charge in [-0.1, -0.05) is 29.8 Å². The highest BCUT2D eigenvalue weighted by Gasteiger charge is 2.29. The Morgan fingerprint density at radius 1 is 1.12 bits per heavy atom. The van der Waals surface area contributed by atoms with Gasteiger partial charge in [-0.2, -0.15) is 12.7 Å². The maximum absolute atomic E-state index is 14.2. The summed E-state index contributed by atoms with van der Waals surface area (Å²) in [4.78, 5) is 12.5. The van der Waals surface area contributed by atoms with Crippen LogP contribution in [0.2, 0.25) is 0 Å². The molecular formula is C18H22FN3O3S. The van der Waals surface area contributed by atoms with Crippen LogP contribution in [-0.2, 0) is 15.0 Å².